The van der Waals surface area contributed by atoms with Crippen LogP contribution in [0.1, 0.15) is 11.1 Å². The zero-order valence-electron chi connectivity index (χ0n) is 8.37. The summed E-state index contributed by atoms with van der Waals surface area (Å²) in [6.07, 6.45) is 1.46. The van der Waals surface area contributed by atoms with Crippen LogP contribution in [-0.4, -0.2) is 18.3 Å². The lowest BCUT2D eigenvalue weighted by Gasteiger charge is -2.11. The van der Waals surface area contributed by atoms with Crippen LogP contribution in [0.15, 0.2) is 15.5 Å². The fraction of sp³-hybridized carbons (Fsp3) is 0.300. The number of halogens is 1. The zero-order valence-corrected chi connectivity index (χ0v) is 9.96. The van der Waals surface area contributed by atoms with E-state index in [1.807, 2.05) is 6.92 Å². The van der Waals surface area contributed by atoms with Gasteiger partial charge in [-0.15, -0.1) is 0 Å². The van der Waals surface area contributed by atoms with Gasteiger partial charge in [0.2, 0.25) is 6.08 Å². The molecule has 0 amide bonds. The topological polar surface area (TPSA) is 58.9 Å². The molecule has 0 aliphatic carbocycles. The summed E-state index contributed by atoms with van der Waals surface area (Å²) in [4.78, 5) is 13.5. The molecule has 0 spiro atoms. The Labute approximate surface area is 95.7 Å². The number of carbonyl (C=O) groups excluding carboxylic acids is 1. The second-order valence-corrected chi connectivity index (χ2v) is 3.74. The van der Waals surface area contributed by atoms with Crippen molar-refractivity contribution in [2.45, 2.75) is 13.5 Å². The predicted molar refractivity (Wildman–Crippen MR) is 58.9 cm³/mol. The monoisotopic (exact) mass is 271 g/mol. The van der Waals surface area contributed by atoms with Crippen molar-refractivity contribution in [2.75, 3.05) is 7.11 Å². The summed E-state index contributed by atoms with van der Waals surface area (Å²) in [5.41, 5.74) is 1.63. The van der Waals surface area contributed by atoms with Crippen LogP contribution in [0.4, 0.5) is 0 Å². The van der Waals surface area contributed by atoms with E-state index in [-0.39, 0.29) is 12.3 Å². The van der Waals surface area contributed by atoms with Crippen molar-refractivity contribution in [1.82, 2.24) is 0 Å². The maximum Gasteiger partial charge on any atom is 0.235 e. The Morgan fingerprint density at radius 1 is 1.67 bits per heavy atom. The maximum absolute atomic E-state index is 10.0. The molecular formula is C10H10BrNO3. The molecule has 0 atom stereocenters. The van der Waals surface area contributed by atoms with Crippen LogP contribution in [0.3, 0.4) is 0 Å². The number of hydrogen-bond acceptors (Lipinski definition) is 4. The molecule has 0 aromatic heterocycles. The van der Waals surface area contributed by atoms with Crippen molar-refractivity contribution in [3.05, 3.63) is 21.7 Å². The Bertz CT molecular complexity index is 425. The highest BCUT2D eigenvalue weighted by Crippen LogP contribution is 2.38. The zero-order chi connectivity index (χ0) is 11.4. The molecule has 1 N–H and O–H groups in total. The number of phenols is 1. The van der Waals surface area contributed by atoms with Gasteiger partial charge < -0.3 is 9.84 Å². The fourth-order valence-corrected chi connectivity index (χ4v) is 1.87. The first-order chi connectivity index (χ1) is 7.11. The van der Waals surface area contributed by atoms with E-state index in [0.717, 1.165) is 11.1 Å². The number of aliphatic imine (C=N–C) groups is 1. The number of nitrogens with zero attached hydrogens (tertiary/aromatic N) is 1. The first kappa shape index (κ1) is 11.8. The van der Waals surface area contributed by atoms with Gasteiger partial charge in [-0.3, -0.25) is 0 Å². The van der Waals surface area contributed by atoms with E-state index in [0.29, 0.717) is 10.2 Å². The van der Waals surface area contributed by atoms with Gasteiger partial charge in [-0.2, -0.15) is 0 Å². The van der Waals surface area contributed by atoms with Gasteiger partial charge in [0.15, 0.2) is 11.5 Å². The van der Waals surface area contributed by atoms with E-state index < -0.39 is 0 Å². The van der Waals surface area contributed by atoms with Gasteiger partial charge in [-0.25, -0.2) is 9.79 Å². The van der Waals surface area contributed by atoms with E-state index in [2.05, 4.69) is 20.9 Å². The molecule has 0 saturated carbocycles. The number of rotatable bonds is 3. The van der Waals surface area contributed by atoms with Crippen molar-refractivity contribution in [3.8, 4) is 11.5 Å². The Morgan fingerprint density at radius 2 is 2.33 bits per heavy atom. The van der Waals surface area contributed by atoms with E-state index in [1.54, 1.807) is 6.07 Å². The van der Waals surface area contributed by atoms with Gasteiger partial charge in [-0.05, 0) is 40.0 Å². The molecule has 0 radical (unpaired) electrons. The first-order valence-corrected chi connectivity index (χ1v) is 4.99. The summed E-state index contributed by atoms with van der Waals surface area (Å²) in [6, 6.07) is 1.69. The second kappa shape index (κ2) is 4.96. The number of ether oxygens (including phenoxy) is 1. The van der Waals surface area contributed by atoms with Crippen molar-refractivity contribution in [2.24, 2.45) is 4.99 Å². The van der Waals surface area contributed by atoms with Crippen LogP contribution in [-0.2, 0) is 11.3 Å². The first-order valence-electron chi connectivity index (χ1n) is 4.20. The molecule has 1 rings (SSSR count). The molecule has 80 valence electrons. The Balaban J connectivity index is 3.28. The lowest BCUT2D eigenvalue weighted by Crippen LogP contribution is -1.93. The number of isocyanates is 1. The van der Waals surface area contributed by atoms with Crippen molar-refractivity contribution >= 4 is 22.0 Å². The maximum atomic E-state index is 10.0. The van der Waals surface area contributed by atoms with Crippen molar-refractivity contribution < 1.29 is 14.6 Å². The van der Waals surface area contributed by atoms with Gasteiger partial charge >= 0.3 is 0 Å². The molecular weight excluding hydrogens is 262 g/mol. The number of aromatic hydroxyl groups is 1. The number of hydrogen-bond donors (Lipinski definition) is 1. The molecule has 0 unspecified atom stereocenters. The highest BCUT2D eigenvalue weighted by molar-refractivity contribution is 9.10. The van der Waals surface area contributed by atoms with Crippen LogP contribution in [0.2, 0.25) is 0 Å². The van der Waals surface area contributed by atoms with Crippen molar-refractivity contribution in [1.29, 1.82) is 0 Å². The summed E-state index contributed by atoms with van der Waals surface area (Å²) < 4.78 is 5.48. The van der Waals surface area contributed by atoms with Crippen LogP contribution >= 0.6 is 15.9 Å². The molecule has 1 aromatic carbocycles. The Morgan fingerprint density at radius 3 is 2.87 bits per heavy atom. The highest BCUT2D eigenvalue weighted by atomic mass is 79.9. The van der Waals surface area contributed by atoms with E-state index in [9.17, 15) is 9.90 Å². The molecule has 0 fully saturated rings. The minimum absolute atomic E-state index is 0.0131. The lowest BCUT2D eigenvalue weighted by atomic mass is 10.1. The average Bonchev–Trinajstić information content (AvgIpc) is 2.23. The summed E-state index contributed by atoms with van der Waals surface area (Å²) in [5.74, 6) is 0.400. The summed E-state index contributed by atoms with van der Waals surface area (Å²) >= 11 is 3.23. The number of methoxy groups -OCH3 is 1. The molecule has 4 nitrogen and oxygen atoms in total. The Kier molecular flexibility index (Phi) is 3.88. The lowest BCUT2D eigenvalue weighted by molar-refractivity contribution is 0.371. The third kappa shape index (κ3) is 2.37. The summed E-state index contributed by atoms with van der Waals surface area (Å²) in [6.45, 7) is 2.04. The van der Waals surface area contributed by atoms with Crippen LogP contribution in [0.25, 0.3) is 0 Å². The van der Waals surface area contributed by atoms with Gasteiger partial charge in [0.05, 0.1) is 18.1 Å². The molecule has 0 heterocycles. The largest absolute Gasteiger partial charge is 0.503 e. The minimum Gasteiger partial charge on any atom is -0.503 e. The molecule has 0 aliphatic rings. The minimum atomic E-state index is 0.0131. The number of aryl methyl sites for hydroxylation is 1. The summed E-state index contributed by atoms with van der Waals surface area (Å²) in [7, 11) is 1.48. The SMILES string of the molecule is COc1cc(C)c(CN=C=O)c(Br)c1O. The third-order valence-electron chi connectivity index (χ3n) is 2.05. The Hall–Kier alpha value is -1.32. The normalized spacial score (nSPS) is 9.53. The smallest absolute Gasteiger partial charge is 0.235 e. The van der Waals surface area contributed by atoms with E-state index >= 15 is 0 Å². The highest BCUT2D eigenvalue weighted by Gasteiger charge is 2.13. The average molecular weight is 272 g/mol. The quantitative estimate of drug-likeness (QED) is 0.678. The summed E-state index contributed by atoms with van der Waals surface area (Å²) in [5, 5.41) is 9.69. The molecule has 1 aromatic rings. The molecule has 0 aliphatic heterocycles. The van der Waals surface area contributed by atoms with Crippen molar-refractivity contribution in [3.63, 3.8) is 0 Å². The predicted octanol–water partition coefficient (Wildman–Crippen LogP) is 2.31. The number of benzene rings is 1. The van der Waals surface area contributed by atoms with Gasteiger partial charge in [0, 0.05) is 0 Å². The van der Waals surface area contributed by atoms with Gasteiger partial charge in [0.1, 0.15) is 0 Å². The molecule has 5 heteroatoms. The fourth-order valence-electron chi connectivity index (χ4n) is 1.24. The van der Waals surface area contributed by atoms with E-state index in [1.165, 1.54) is 13.2 Å². The van der Waals surface area contributed by atoms with Crippen LogP contribution in [0.5, 0.6) is 11.5 Å². The third-order valence-corrected chi connectivity index (χ3v) is 2.91. The molecule has 15 heavy (non-hydrogen) atoms. The van der Waals surface area contributed by atoms with Gasteiger partial charge in [-0.1, -0.05) is 0 Å². The number of phenolic OH excluding ortho intramolecular Hbond substituents is 1. The van der Waals surface area contributed by atoms with E-state index in [4.69, 9.17) is 4.74 Å². The standard InChI is InChI=1S/C10H10BrNO3/c1-6-3-8(15-2)10(14)9(11)7(6)4-12-5-13/h3,14H,4H2,1-2H3. The molecule has 0 bridgehead atoms. The van der Waals surface area contributed by atoms with Crippen LogP contribution in [0, 0.1) is 6.92 Å². The second-order valence-electron chi connectivity index (χ2n) is 2.94. The van der Waals surface area contributed by atoms with Gasteiger partial charge in [0.25, 0.3) is 0 Å². The van der Waals surface area contributed by atoms with Crippen LogP contribution < -0.4 is 4.74 Å². The molecule has 0 saturated heterocycles.